The predicted molar refractivity (Wildman–Crippen MR) is 89.8 cm³/mol. The Morgan fingerprint density at radius 2 is 2.17 bits per heavy atom. The Bertz CT molecular complexity index is 896. The van der Waals surface area contributed by atoms with Crippen molar-refractivity contribution >= 4 is 16.9 Å². The van der Waals surface area contributed by atoms with E-state index in [9.17, 15) is 4.79 Å². The van der Waals surface area contributed by atoms with Crippen molar-refractivity contribution in [1.82, 2.24) is 30.3 Å². The van der Waals surface area contributed by atoms with Crippen molar-refractivity contribution in [3.8, 4) is 0 Å². The first-order valence-corrected chi connectivity index (χ1v) is 8.25. The van der Waals surface area contributed by atoms with Gasteiger partial charge in [-0.05, 0) is 44.4 Å². The summed E-state index contributed by atoms with van der Waals surface area (Å²) in [5.41, 5.74) is 4.30. The number of likely N-dealkylation sites (tertiary alicyclic amines) is 1. The van der Waals surface area contributed by atoms with Crippen molar-refractivity contribution in [3.05, 3.63) is 41.0 Å². The summed E-state index contributed by atoms with van der Waals surface area (Å²) in [5.74, 6) is 1.13. The molecule has 1 aliphatic rings. The molecule has 0 aliphatic carbocycles. The van der Waals surface area contributed by atoms with Crippen molar-refractivity contribution in [3.63, 3.8) is 0 Å². The molecule has 0 saturated carbocycles. The van der Waals surface area contributed by atoms with Crippen LogP contribution in [0.25, 0.3) is 11.0 Å². The normalized spacial score (nSPS) is 18.2. The molecule has 1 aliphatic heterocycles. The smallest absolute Gasteiger partial charge is 0.276 e. The highest BCUT2D eigenvalue weighted by Gasteiger charge is 2.29. The minimum absolute atomic E-state index is 0.0575. The molecule has 0 unspecified atom stereocenters. The first kappa shape index (κ1) is 14.9. The van der Waals surface area contributed by atoms with Crippen LogP contribution in [0.5, 0.6) is 0 Å². The number of hydrogen-bond acceptors (Lipinski definition) is 4. The summed E-state index contributed by atoms with van der Waals surface area (Å²) >= 11 is 0. The lowest BCUT2D eigenvalue weighted by molar-refractivity contribution is 0.0698. The summed E-state index contributed by atoms with van der Waals surface area (Å²) in [5, 5.41) is 10.4. The van der Waals surface area contributed by atoms with Gasteiger partial charge in [-0.25, -0.2) is 4.98 Å². The van der Waals surface area contributed by atoms with Crippen LogP contribution in [0, 0.1) is 13.8 Å². The maximum atomic E-state index is 12.6. The van der Waals surface area contributed by atoms with Crippen LogP contribution in [-0.2, 0) is 0 Å². The van der Waals surface area contributed by atoms with Gasteiger partial charge in [0.25, 0.3) is 5.91 Å². The van der Waals surface area contributed by atoms with E-state index in [0.29, 0.717) is 17.9 Å². The highest BCUT2D eigenvalue weighted by atomic mass is 16.2. The van der Waals surface area contributed by atoms with Crippen molar-refractivity contribution in [2.75, 3.05) is 13.1 Å². The SMILES string of the molecule is Cc1ccc2nc([C@@H]3CCCN(C(=O)c4n[nH]nc4C)C3)[nH]c2c1. The number of carbonyl (C=O) groups is 1. The van der Waals surface area contributed by atoms with Crippen LogP contribution in [0.4, 0.5) is 0 Å². The number of imidazole rings is 1. The Hall–Kier alpha value is -2.70. The van der Waals surface area contributed by atoms with Crippen LogP contribution in [0.1, 0.15) is 46.3 Å². The molecule has 2 N–H and O–H groups in total. The van der Waals surface area contributed by atoms with Gasteiger partial charge < -0.3 is 9.88 Å². The number of H-pyrrole nitrogens is 2. The highest BCUT2D eigenvalue weighted by molar-refractivity contribution is 5.93. The van der Waals surface area contributed by atoms with Gasteiger partial charge in [0, 0.05) is 19.0 Å². The third-order valence-corrected chi connectivity index (χ3v) is 4.68. The molecule has 1 atom stereocenters. The van der Waals surface area contributed by atoms with Crippen LogP contribution in [-0.4, -0.2) is 49.3 Å². The summed E-state index contributed by atoms with van der Waals surface area (Å²) in [6.07, 6.45) is 1.99. The summed E-state index contributed by atoms with van der Waals surface area (Å²) < 4.78 is 0. The summed E-state index contributed by atoms with van der Waals surface area (Å²) in [4.78, 5) is 22.7. The molecular formula is C17H20N6O. The third kappa shape index (κ3) is 2.55. The summed E-state index contributed by atoms with van der Waals surface area (Å²) in [6.45, 7) is 5.27. The van der Waals surface area contributed by atoms with Gasteiger partial charge in [-0.3, -0.25) is 4.79 Å². The molecule has 0 spiro atoms. The van der Waals surface area contributed by atoms with Gasteiger partial charge >= 0.3 is 0 Å². The Balaban J connectivity index is 1.57. The Labute approximate surface area is 139 Å². The summed E-state index contributed by atoms with van der Waals surface area (Å²) in [6, 6.07) is 6.21. The van der Waals surface area contributed by atoms with Gasteiger partial charge in [-0.1, -0.05) is 6.07 Å². The number of rotatable bonds is 2. The van der Waals surface area contributed by atoms with E-state index in [1.165, 1.54) is 5.56 Å². The van der Waals surface area contributed by atoms with Crippen molar-refractivity contribution in [2.45, 2.75) is 32.6 Å². The number of benzene rings is 1. The van der Waals surface area contributed by atoms with Gasteiger partial charge in [-0.2, -0.15) is 15.4 Å². The fourth-order valence-corrected chi connectivity index (χ4v) is 3.36. The van der Waals surface area contributed by atoms with E-state index in [4.69, 9.17) is 4.98 Å². The molecule has 7 nitrogen and oxygen atoms in total. The van der Waals surface area contributed by atoms with Gasteiger partial charge in [0.2, 0.25) is 0 Å². The molecule has 0 radical (unpaired) electrons. The van der Waals surface area contributed by atoms with E-state index < -0.39 is 0 Å². The fourth-order valence-electron chi connectivity index (χ4n) is 3.36. The molecule has 7 heteroatoms. The van der Waals surface area contributed by atoms with Crippen molar-refractivity contribution in [2.24, 2.45) is 0 Å². The Morgan fingerprint density at radius 3 is 2.96 bits per heavy atom. The van der Waals surface area contributed by atoms with E-state index in [1.807, 2.05) is 11.0 Å². The second-order valence-electron chi connectivity index (χ2n) is 6.49. The topological polar surface area (TPSA) is 90.6 Å². The van der Waals surface area contributed by atoms with Gasteiger partial charge in [0.05, 0.1) is 16.7 Å². The number of aromatic nitrogens is 5. The average molecular weight is 324 g/mol. The average Bonchev–Trinajstić information content (AvgIpc) is 3.20. The van der Waals surface area contributed by atoms with E-state index in [-0.39, 0.29) is 11.8 Å². The molecule has 3 heterocycles. The quantitative estimate of drug-likeness (QED) is 0.757. The maximum Gasteiger partial charge on any atom is 0.276 e. The maximum absolute atomic E-state index is 12.6. The first-order valence-electron chi connectivity index (χ1n) is 8.25. The predicted octanol–water partition coefficient (Wildman–Crippen LogP) is 2.32. The number of hydrogen-bond donors (Lipinski definition) is 2. The standard InChI is InChI=1S/C17H20N6O/c1-10-5-6-13-14(8-10)19-16(18-13)12-4-3-7-23(9-12)17(24)15-11(2)20-22-21-15/h5-6,8,12H,3-4,7,9H2,1-2H3,(H,18,19)(H,20,21,22)/t12-/m1/s1. The molecule has 3 aromatic rings. The molecule has 2 aromatic heterocycles. The van der Waals surface area contributed by atoms with E-state index in [1.54, 1.807) is 6.92 Å². The number of fused-ring (bicyclic) bond motifs is 1. The van der Waals surface area contributed by atoms with Gasteiger partial charge in [-0.15, -0.1) is 0 Å². The van der Waals surface area contributed by atoms with Crippen LogP contribution in [0.15, 0.2) is 18.2 Å². The van der Waals surface area contributed by atoms with E-state index in [2.05, 4.69) is 39.5 Å². The van der Waals surface area contributed by atoms with Crippen molar-refractivity contribution < 1.29 is 4.79 Å². The molecule has 1 saturated heterocycles. The van der Waals surface area contributed by atoms with Crippen LogP contribution in [0.2, 0.25) is 0 Å². The lowest BCUT2D eigenvalue weighted by Gasteiger charge is -2.31. The monoisotopic (exact) mass is 324 g/mol. The lowest BCUT2D eigenvalue weighted by Crippen LogP contribution is -2.39. The molecular weight excluding hydrogens is 304 g/mol. The number of amides is 1. The number of carbonyl (C=O) groups excluding carboxylic acids is 1. The second kappa shape index (κ2) is 5.74. The molecule has 1 fully saturated rings. The zero-order valence-electron chi connectivity index (χ0n) is 13.8. The third-order valence-electron chi connectivity index (χ3n) is 4.68. The highest BCUT2D eigenvalue weighted by Crippen LogP contribution is 2.27. The molecule has 124 valence electrons. The Kier molecular flexibility index (Phi) is 3.55. The lowest BCUT2D eigenvalue weighted by atomic mass is 9.97. The first-order chi connectivity index (χ1) is 11.6. The zero-order chi connectivity index (χ0) is 16.7. The molecule has 24 heavy (non-hydrogen) atoms. The van der Waals surface area contributed by atoms with Gasteiger partial charge in [0.15, 0.2) is 5.69 Å². The molecule has 1 amide bonds. The summed E-state index contributed by atoms with van der Waals surface area (Å²) in [7, 11) is 0. The van der Waals surface area contributed by atoms with Gasteiger partial charge in [0.1, 0.15) is 5.82 Å². The second-order valence-corrected chi connectivity index (χ2v) is 6.49. The molecule has 0 bridgehead atoms. The van der Waals surface area contributed by atoms with Crippen LogP contribution < -0.4 is 0 Å². The Morgan fingerprint density at radius 1 is 1.29 bits per heavy atom. The largest absolute Gasteiger partial charge is 0.342 e. The zero-order valence-corrected chi connectivity index (χ0v) is 13.8. The van der Waals surface area contributed by atoms with Crippen molar-refractivity contribution in [1.29, 1.82) is 0 Å². The molecule has 1 aromatic carbocycles. The number of aryl methyl sites for hydroxylation is 2. The number of aromatic amines is 2. The number of piperidine rings is 1. The minimum Gasteiger partial charge on any atom is -0.342 e. The fraction of sp³-hybridized carbons (Fsp3) is 0.412. The van der Waals surface area contributed by atoms with E-state index in [0.717, 1.165) is 36.2 Å². The van der Waals surface area contributed by atoms with E-state index >= 15 is 0 Å². The number of nitrogens with zero attached hydrogens (tertiary/aromatic N) is 4. The van der Waals surface area contributed by atoms with Crippen LogP contribution in [0.3, 0.4) is 0 Å². The minimum atomic E-state index is -0.0575. The number of nitrogens with one attached hydrogen (secondary N) is 2. The molecule has 4 rings (SSSR count). The van der Waals surface area contributed by atoms with Crippen LogP contribution >= 0.6 is 0 Å².